The fourth-order valence-corrected chi connectivity index (χ4v) is 5.86. The van der Waals surface area contributed by atoms with E-state index in [9.17, 15) is 4.39 Å². The SMILES string of the molecule is C=CCCC1CCC2CC(c3ccc(-c4ccc(OCC=C)c(F)c4)c(F)c3)CCC2C1. The Balaban J connectivity index is 1.42. The first kappa shape index (κ1) is 22.8. The molecule has 32 heavy (non-hydrogen) atoms. The fraction of sp³-hybridized carbons (Fsp3) is 0.448. The Labute approximate surface area is 191 Å². The predicted molar refractivity (Wildman–Crippen MR) is 128 cm³/mol. The molecule has 0 saturated heterocycles. The van der Waals surface area contributed by atoms with E-state index in [1.807, 2.05) is 18.2 Å². The number of ether oxygens (including phenoxy) is 1. The van der Waals surface area contributed by atoms with Gasteiger partial charge in [0, 0.05) is 5.56 Å². The van der Waals surface area contributed by atoms with Crippen molar-refractivity contribution < 1.29 is 13.5 Å². The first-order chi connectivity index (χ1) is 15.6. The molecule has 1 nitrogen and oxygen atoms in total. The molecule has 0 aromatic heterocycles. The second-order valence-corrected chi connectivity index (χ2v) is 9.56. The summed E-state index contributed by atoms with van der Waals surface area (Å²) in [7, 11) is 0. The van der Waals surface area contributed by atoms with Crippen molar-refractivity contribution in [3.8, 4) is 16.9 Å². The van der Waals surface area contributed by atoms with Crippen LogP contribution in [0, 0.1) is 29.4 Å². The minimum Gasteiger partial charge on any atom is -0.486 e. The lowest BCUT2D eigenvalue weighted by Crippen LogP contribution is -2.30. The van der Waals surface area contributed by atoms with Gasteiger partial charge in [-0.3, -0.25) is 0 Å². The van der Waals surface area contributed by atoms with Gasteiger partial charge >= 0.3 is 0 Å². The first-order valence-corrected chi connectivity index (χ1v) is 12.0. The molecule has 2 aliphatic rings. The van der Waals surface area contributed by atoms with Gasteiger partial charge in [0.05, 0.1) is 0 Å². The molecule has 0 aliphatic heterocycles. The van der Waals surface area contributed by atoms with Crippen molar-refractivity contribution in [2.45, 2.75) is 57.3 Å². The average Bonchev–Trinajstić information content (AvgIpc) is 2.81. The van der Waals surface area contributed by atoms with E-state index in [0.29, 0.717) is 17.0 Å². The summed E-state index contributed by atoms with van der Waals surface area (Å²) >= 11 is 0. The van der Waals surface area contributed by atoms with Crippen molar-refractivity contribution >= 4 is 0 Å². The summed E-state index contributed by atoms with van der Waals surface area (Å²) in [5.74, 6) is 2.28. The Morgan fingerprint density at radius 1 is 0.875 bits per heavy atom. The van der Waals surface area contributed by atoms with Gasteiger partial charge in [-0.05, 0) is 97.9 Å². The highest BCUT2D eigenvalue weighted by Crippen LogP contribution is 2.48. The first-order valence-electron chi connectivity index (χ1n) is 12.0. The van der Waals surface area contributed by atoms with E-state index >= 15 is 4.39 Å². The maximum Gasteiger partial charge on any atom is 0.165 e. The molecule has 0 radical (unpaired) electrons. The van der Waals surface area contributed by atoms with Crippen LogP contribution in [0.25, 0.3) is 11.1 Å². The molecule has 0 bridgehead atoms. The molecule has 2 aromatic carbocycles. The van der Waals surface area contributed by atoms with Crippen LogP contribution in [0.1, 0.15) is 62.8 Å². The summed E-state index contributed by atoms with van der Waals surface area (Å²) in [5.41, 5.74) is 2.04. The smallest absolute Gasteiger partial charge is 0.165 e. The van der Waals surface area contributed by atoms with E-state index < -0.39 is 5.82 Å². The van der Waals surface area contributed by atoms with E-state index in [0.717, 1.165) is 36.2 Å². The lowest BCUT2D eigenvalue weighted by Gasteiger charge is -2.42. The zero-order valence-electron chi connectivity index (χ0n) is 18.9. The normalized spacial score (nSPS) is 25.1. The molecule has 4 unspecified atom stereocenters. The Kier molecular flexibility index (Phi) is 7.44. The summed E-state index contributed by atoms with van der Waals surface area (Å²) in [6, 6.07) is 10.1. The topological polar surface area (TPSA) is 9.23 Å². The standard InChI is InChI=1S/C29H34F2O/c1-3-5-6-20-7-8-22-17-23(10-9-21(22)16-20)24-11-13-26(27(30)18-24)25-12-14-29(28(31)19-25)32-15-4-2/h3-4,11-14,18-23H,1-2,5-10,15-17H2. The summed E-state index contributed by atoms with van der Waals surface area (Å²) in [4.78, 5) is 0. The number of benzene rings is 2. The van der Waals surface area contributed by atoms with Gasteiger partial charge in [0.15, 0.2) is 11.6 Å². The van der Waals surface area contributed by atoms with Gasteiger partial charge in [-0.25, -0.2) is 8.78 Å². The lowest BCUT2D eigenvalue weighted by atomic mass is 9.63. The third kappa shape index (κ3) is 5.14. The van der Waals surface area contributed by atoms with Gasteiger partial charge < -0.3 is 4.74 Å². The highest BCUT2D eigenvalue weighted by molar-refractivity contribution is 5.65. The maximum absolute atomic E-state index is 15.1. The summed E-state index contributed by atoms with van der Waals surface area (Å²) in [6.07, 6.45) is 13.6. The van der Waals surface area contributed by atoms with Gasteiger partial charge in [0.1, 0.15) is 12.4 Å². The molecule has 2 fully saturated rings. The number of allylic oxidation sites excluding steroid dienone is 1. The zero-order chi connectivity index (χ0) is 22.5. The molecule has 2 saturated carbocycles. The third-order valence-corrected chi connectivity index (χ3v) is 7.56. The van der Waals surface area contributed by atoms with Gasteiger partial charge in [0.2, 0.25) is 0 Å². The third-order valence-electron chi connectivity index (χ3n) is 7.56. The van der Waals surface area contributed by atoms with Crippen LogP contribution in [0.4, 0.5) is 8.78 Å². The Morgan fingerprint density at radius 2 is 1.69 bits per heavy atom. The molecule has 0 heterocycles. The number of halogens is 2. The molecule has 170 valence electrons. The van der Waals surface area contributed by atoms with Gasteiger partial charge in [-0.15, -0.1) is 6.58 Å². The molecule has 4 atom stereocenters. The molecule has 2 aromatic rings. The highest BCUT2D eigenvalue weighted by atomic mass is 19.1. The van der Waals surface area contributed by atoms with Crippen molar-refractivity contribution in [3.05, 3.63) is 78.9 Å². The Bertz CT molecular complexity index is 950. The van der Waals surface area contributed by atoms with E-state index in [4.69, 9.17) is 4.74 Å². The number of hydrogen-bond donors (Lipinski definition) is 0. The molecular formula is C29H34F2O. The van der Waals surface area contributed by atoms with Crippen LogP contribution in [0.2, 0.25) is 0 Å². The van der Waals surface area contributed by atoms with E-state index in [1.165, 1.54) is 44.6 Å². The largest absolute Gasteiger partial charge is 0.486 e. The fourth-order valence-electron chi connectivity index (χ4n) is 5.86. The lowest BCUT2D eigenvalue weighted by molar-refractivity contribution is 0.115. The molecule has 0 N–H and O–H groups in total. The van der Waals surface area contributed by atoms with Crippen LogP contribution in [0.3, 0.4) is 0 Å². The van der Waals surface area contributed by atoms with Crippen molar-refractivity contribution in [1.82, 2.24) is 0 Å². The highest BCUT2D eigenvalue weighted by Gasteiger charge is 2.35. The minimum absolute atomic E-state index is 0.154. The minimum atomic E-state index is -0.491. The number of rotatable bonds is 8. The van der Waals surface area contributed by atoms with Crippen LogP contribution >= 0.6 is 0 Å². The van der Waals surface area contributed by atoms with Crippen LogP contribution in [-0.4, -0.2) is 6.61 Å². The predicted octanol–water partition coefficient (Wildman–Crippen LogP) is 8.46. The molecule has 4 rings (SSSR count). The Morgan fingerprint density at radius 3 is 2.44 bits per heavy atom. The molecule has 0 spiro atoms. The summed E-state index contributed by atoms with van der Waals surface area (Å²) in [5, 5.41) is 0. The van der Waals surface area contributed by atoms with E-state index in [2.05, 4.69) is 13.2 Å². The molecule has 2 aliphatic carbocycles. The Hall–Kier alpha value is -2.42. The van der Waals surface area contributed by atoms with Crippen LogP contribution < -0.4 is 4.74 Å². The quantitative estimate of drug-likeness (QED) is 0.377. The summed E-state index contributed by atoms with van der Waals surface area (Å²) < 4.78 is 34.7. The van der Waals surface area contributed by atoms with Crippen LogP contribution in [0.15, 0.2) is 61.7 Å². The van der Waals surface area contributed by atoms with Crippen LogP contribution in [0.5, 0.6) is 5.75 Å². The average molecular weight is 437 g/mol. The van der Waals surface area contributed by atoms with Gasteiger partial charge in [0.25, 0.3) is 0 Å². The van der Waals surface area contributed by atoms with E-state index in [-0.39, 0.29) is 18.2 Å². The van der Waals surface area contributed by atoms with Gasteiger partial charge in [-0.2, -0.15) is 0 Å². The number of fused-ring (bicyclic) bond motifs is 1. The second kappa shape index (κ2) is 10.5. The second-order valence-electron chi connectivity index (χ2n) is 9.56. The van der Waals surface area contributed by atoms with Gasteiger partial charge in [-0.1, -0.05) is 43.4 Å². The molecule has 3 heteroatoms. The van der Waals surface area contributed by atoms with Crippen molar-refractivity contribution in [3.63, 3.8) is 0 Å². The van der Waals surface area contributed by atoms with E-state index in [1.54, 1.807) is 24.3 Å². The van der Waals surface area contributed by atoms with Crippen molar-refractivity contribution in [2.24, 2.45) is 17.8 Å². The monoisotopic (exact) mass is 436 g/mol. The zero-order valence-corrected chi connectivity index (χ0v) is 18.9. The van der Waals surface area contributed by atoms with Crippen LogP contribution in [-0.2, 0) is 0 Å². The van der Waals surface area contributed by atoms with Crippen molar-refractivity contribution in [1.29, 1.82) is 0 Å². The number of hydrogen-bond acceptors (Lipinski definition) is 1. The summed E-state index contributed by atoms with van der Waals surface area (Å²) in [6.45, 7) is 7.66. The maximum atomic E-state index is 15.1. The molecule has 0 amide bonds. The molecular weight excluding hydrogens is 402 g/mol. The van der Waals surface area contributed by atoms with Crippen molar-refractivity contribution in [2.75, 3.05) is 6.61 Å².